The van der Waals surface area contributed by atoms with Crippen LogP contribution < -0.4 is 19.1 Å². The molecule has 2 heterocycles. The number of aromatic nitrogens is 1. The lowest BCUT2D eigenvalue weighted by Gasteiger charge is -2.24. The van der Waals surface area contributed by atoms with Crippen molar-refractivity contribution in [1.82, 2.24) is 4.98 Å². The Morgan fingerprint density at radius 1 is 0.935 bits per heavy atom. The maximum atomic E-state index is 13.9. The van der Waals surface area contributed by atoms with Crippen LogP contribution in [0.1, 0.15) is 47.2 Å². The van der Waals surface area contributed by atoms with Gasteiger partial charge in [-0.2, -0.15) is 0 Å². The third-order valence-electron chi connectivity index (χ3n) is 7.79. The molecule has 6 rings (SSSR count). The van der Waals surface area contributed by atoms with Gasteiger partial charge >= 0.3 is 5.91 Å². The lowest BCUT2D eigenvalue weighted by atomic mass is 9.95. The fraction of sp³-hybridized carbons (Fsp3) is 0.216. The average Bonchev–Trinajstić information content (AvgIpc) is 3.61. The third-order valence-corrected chi connectivity index (χ3v) is 8.79. The molecule has 0 bridgehead atoms. The van der Waals surface area contributed by atoms with Gasteiger partial charge in [0.2, 0.25) is 0 Å². The van der Waals surface area contributed by atoms with Crippen LogP contribution in [0.25, 0.3) is 16.0 Å². The Morgan fingerprint density at radius 2 is 1.74 bits per heavy atom. The van der Waals surface area contributed by atoms with Crippen molar-refractivity contribution < 1.29 is 28.9 Å². The predicted octanol–water partition coefficient (Wildman–Crippen LogP) is 7.92. The Balaban J connectivity index is 1.48. The third kappa shape index (κ3) is 5.93. The molecule has 0 spiro atoms. The number of aliphatic hydroxyl groups is 1. The van der Waals surface area contributed by atoms with Crippen LogP contribution >= 0.6 is 11.3 Å². The number of thiazole rings is 1. The Bertz CT molecular complexity index is 1970. The normalized spacial score (nSPS) is 15.8. The van der Waals surface area contributed by atoms with Gasteiger partial charge in [0.1, 0.15) is 18.1 Å². The second-order valence-corrected chi connectivity index (χ2v) is 12.2. The molecule has 1 unspecified atom stereocenters. The summed E-state index contributed by atoms with van der Waals surface area (Å²) in [6.07, 6.45) is 0.815. The molecule has 4 aromatic carbocycles. The highest BCUT2D eigenvalue weighted by molar-refractivity contribution is 7.22. The van der Waals surface area contributed by atoms with Crippen molar-refractivity contribution in [1.29, 1.82) is 0 Å². The first-order valence-corrected chi connectivity index (χ1v) is 15.9. The van der Waals surface area contributed by atoms with Gasteiger partial charge in [0.05, 0.1) is 35.5 Å². The SMILES string of the molecule is CCCOc1cccc(C(O)=C2C(=O)C(=O)N(c3nc4c(C)cc(C)cc4s3)C2c2ccc(OCc3ccccc3)c(OC)c2)c1. The van der Waals surface area contributed by atoms with Gasteiger partial charge in [0.15, 0.2) is 16.6 Å². The number of Topliss-reactive ketones (excluding diaryl/α,β-unsaturated/α-hetero) is 1. The van der Waals surface area contributed by atoms with E-state index in [4.69, 9.17) is 19.2 Å². The molecule has 1 atom stereocenters. The van der Waals surface area contributed by atoms with Crippen LogP contribution in [0.5, 0.6) is 17.2 Å². The summed E-state index contributed by atoms with van der Waals surface area (Å²) >= 11 is 1.33. The van der Waals surface area contributed by atoms with E-state index >= 15 is 0 Å². The fourth-order valence-corrected chi connectivity index (χ4v) is 6.79. The molecule has 1 fully saturated rings. The quantitative estimate of drug-likeness (QED) is 0.0947. The van der Waals surface area contributed by atoms with Crippen molar-refractivity contribution in [3.63, 3.8) is 0 Å². The summed E-state index contributed by atoms with van der Waals surface area (Å²) in [5.41, 5.74) is 4.65. The molecule has 1 aromatic heterocycles. The molecule has 0 saturated carbocycles. The number of amides is 1. The molecule has 0 aliphatic carbocycles. The number of ether oxygens (including phenoxy) is 3. The molecule has 1 N–H and O–H groups in total. The van der Waals surface area contributed by atoms with E-state index < -0.39 is 17.7 Å². The van der Waals surface area contributed by atoms with Crippen molar-refractivity contribution in [3.8, 4) is 17.2 Å². The summed E-state index contributed by atoms with van der Waals surface area (Å²) in [5.74, 6) is -0.414. The first-order chi connectivity index (χ1) is 22.3. The highest BCUT2D eigenvalue weighted by atomic mass is 32.1. The second kappa shape index (κ2) is 13.1. The van der Waals surface area contributed by atoms with Gasteiger partial charge in [-0.25, -0.2) is 4.98 Å². The van der Waals surface area contributed by atoms with Gasteiger partial charge in [0, 0.05) is 5.56 Å². The zero-order chi connectivity index (χ0) is 32.4. The number of methoxy groups -OCH3 is 1. The van der Waals surface area contributed by atoms with Gasteiger partial charge in [-0.3, -0.25) is 14.5 Å². The monoisotopic (exact) mass is 634 g/mol. The van der Waals surface area contributed by atoms with Crippen LogP contribution in [-0.2, 0) is 16.2 Å². The minimum absolute atomic E-state index is 0.0511. The van der Waals surface area contributed by atoms with Crippen LogP contribution in [0.3, 0.4) is 0 Å². The van der Waals surface area contributed by atoms with Gasteiger partial charge in [0.25, 0.3) is 5.78 Å². The summed E-state index contributed by atoms with van der Waals surface area (Å²) in [6.45, 7) is 6.81. The van der Waals surface area contributed by atoms with Crippen LogP contribution in [0.4, 0.5) is 5.13 Å². The zero-order valence-electron chi connectivity index (χ0n) is 26.1. The van der Waals surface area contributed by atoms with Crippen LogP contribution in [0.2, 0.25) is 0 Å². The first-order valence-electron chi connectivity index (χ1n) is 15.1. The molecule has 5 aromatic rings. The number of benzene rings is 4. The Labute approximate surface area is 271 Å². The molecule has 1 aliphatic rings. The molecule has 8 nitrogen and oxygen atoms in total. The molecule has 1 amide bonds. The Hall–Kier alpha value is -5.15. The smallest absolute Gasteiger partial charge is 0.301 e. The van der Waals surface area contributed by atoms with Crippen LogP contribution in [0, 0.1) is 13.8 Å². The number of fused-ring (bicyclic) bond motifs is 1. The molecule has 0 radical (unpaired) electrons. The summed E-state index contributed by atoms with van der Waals surface area (Å²) in [5, 5.41) is 12.1. The number of rotatable bonds is 10. The number of hydrogen-bond acceptors (Lipinski definition) is 8. The minimum atomic E-state index is -0.987. The molecule has 46 heavy (non-hydrogen) atoms. The van der Waals surface area contributed by atoms with Gasteiger partial charge < -0.3 is 19.3 Å². The van der Waals surface area contributed by atoms with E-state index in [1.165, 1.54) is 23.3 Å². The maximum absolute atomic E-state index is 13.9. The molecule has 9 heteroatoms. The minimum Gasteiger partial charge on any atom is -0.507 e. The summed E-state index contributed by atoms with van der Waals surface area (Å²) in [6, 6.07) is 25.0. The molecule has 1 saturated heterocycles. The maximum Gasteiger partial charge on any atom is 0.301 e. The predicted molar refractivity (Wildman–Crippen MR) is 180 cm³/mol. The van der Waals surface area contributed by atoms with Crippen LogP contribution in [0.15, 0.2) is 90.5 Å². The molecular formula is C37H34N2O6S. The van der Waals surface area contributed by atoms with Gasteiger partial charge in [-0.15, -0.1) is 0 Å². The van der Waals surface area contributed by atoms with E-state index in [1.54, 1.807) is 42.5 Å². The number of carbonyl (C=O) groups is 2. The summed E-state index contributed by atoms with van der Waals surface area (Å²) in [4.78, 5) is 33.9. The molecular weight excluding hydrogens is 600 g/mol. The standard InChI is InChI=1S/C37H34N2O6S/c1-5-16-44-27-13-9-12-26(19-27)34(40)31-33(25-14-15-28(29(20-25)43-4)45-21-24-10-7-6-8-11-24)39(36(42)35(31)41)37-38-32-23(3)17-22(2)18-30(32)46-37/h6-15,17-20,33,40H,5,16,21H2,1-4H3. The van der Waals surface area contributed by atoms with E-state index in [1.807, 2.05) is 63.2 Å². The van der Waals surface area contributed by atoms with Crippen molar-refractivity contribution in [3.05, 3.63) is 118 Å². The van der Waals surface area contributed by atoms with Crippen molar-refractivity contribution >= 4 is 44.1 Å². The van der Waals surface area contributed by atoms with E-state index in [0.29, 0.717) is 46.7 Å². The van der Waals surface area contributed by atoms with E-state index in [-0.39, 0.29) is 11.3 Å². The highest BCUT2D eigenvalue weighted by Gasteiger charge is 2.48. The first kappa shape index (κ1) is 30.9. The number of ketones is 1. The highest BCUT2D eigenvalue weighted by Crippen LogP contribution is 2.46. The zero-order valence-corrected chi connectivity index (χ0v) is 26.9. The fourth-order valence-electron chi connectivity index (χ4n) is 5.62. The average molecular weight is 635 g/mol. The van der Waals surface area contributed by atoms with E-state index in [0.717, 1.165) is 33.3 Å². The van der Waals surface area contributed by atoms with E-state index in [2.05, 4.69) is 0 Å². The lowest BCUT2D eigenvalue weighted by Crippen LogP contribution is -2.29. The van der Waals surface area contributed by atoms with E-state index in [9.17, 15) is 14.7 Å². The van der Waals surface area contributed by atoms with Gasteiger partial charge in [-0.1, -0.05) is 72.9 Å². The number of nitrogens with zero attached hydrogens (tertiary/aromatic N) is 2. The van der Waals surface area contributed by atoms with Crippen LogP contribution in [-0.4, -0.2) is 35.5 Å². The van der Waals surface area contributed by atoms with Crippen molar-refractivity contribution in [2.75, 3.05) is 18.6 Å². The number of aryl methyl sites for hydroxylation is 2. The largest absolute Gasteiger partial charge is 0.507 e. The number of aliphatic hydroxyl groups excluding tert-OH is 1. The summed E-state index contributed by atoms with van der Waals surface area (Å²) < 4.78 is 18.5. The topological polar surface area (TPSA) is 98.2 Å². The van der Waals surface area contributed by atoms with Gasteiger partial charge in [-0.05, 0) is 72.9 Å². The number of carbonyl (C=O) groups excluding carboxylic acids is 2. The second-order valence-electron chi connectivity index (χ2n) is 11.2. The Morgan fingerprint density at radius 3 is 2.50 bits per heavy atom. The molecule has 234 valence electrons. The lowest BCUT2D eigenvalue weighted by molar-refractivity contribution is -0.132. The number of anilines is 1. The van der Waals surface area contributed by atoms with Crippen molar-refractivity contribution in [2.24, 2.45) is 0 Å². The Kier molecular flexibility index (Phi) is 8.76. The molecule has 1 aliphatic heterocycles. The number of hydrogen-bond donors (Lipinski definition) is 1. The summed E-state index contributed by atoms with van der Waals surface area (Å²) in [7, 11) is 1.53. The van der Waals surface area contributed by atoms with Crippen molar-refractivity contribution in [2.45, 2.75) is 39.8 Å².